The van der Waals surface area contributed by atoms with Crippen LogP contribution in [0.15, 0.2) is 48.5 Å². The number of ether oxygens (including phenoxy) is 1. The molecule has 120 valence electrons. The third-order valence-electron chi connectivity index (χ3n) is 5.05. The maximum absolute atomic E-state index is 12.3. The molecule has 5 rings (SSSR count). The van der Waals surface area contributed by atoms with Gasteiger partial charge in [-0.15, -0.1) is 0 Å². The number of H-pyrrole nitrogens is 1. The zero-order valence-corrected chi connectivity index (χ0v) is 12.9. The van der Waals surface area contributed by atoms with Crippen molar-refractivity contribution in [2.45, 2.75) is 18.5 Å². The number of phenolic OH excluding ortho intramolecular Hbond substituents is 1. The second-order valence-corrected chi connectivity index (χ2v) is 6.40. The van der Waals surface area contributed by atoms with E-state index in [2.05, 4.69) is 17.1 Å². The van der Waals surface area contributed by atoms with E-state index in [9.17, 15) is 9.90 Å². The standard InChI is InChI=1S/C19H16N2O3/c22-13-7-5-11(6-8-13)18-17-15(9-12-10-24-19(23)21(12)18)14-3-1-2-4-16(14)20-17/h1-8,12,18,20,22H,9-10H2/t12-,18+/m0/s1. The summed E-state index contributed by atoms with van der Waals surface area (Å²) >= 11 is 0. The Morgan fingerprint density at radius 2 is 1.92 bits per heavy atom. The van der Waals surface area contributed by atoms with E-state index < -0.39 is 0 Å². The van der Waals surface area contributed by atoms with E-state index in [-0.39, 0.29) is 23.9 Å². The monoisotopic (exact) mass is 320 g/mol. The number of fused-ring (bicyclic) bond motifs is 4. The van der Waals surface area contributed by atoms with Gasteiger partial charge in [0, 0.05) is 16.6 Å². The first kappa shape index (κ1) is 13.5. The fourth-order valence-electron chi connectivity index (χ4n) is 3.98. The number of phenols is 1. The molecule has 2 N–H and O–H groups in total. The van der Waals surface area contributed by atoms with Crippen molar-refractivity contribution in [1.29, 1.82) is 0 Å². The van der Waals surface area contributed by atoms with Gasteiger partial charge in [-0.1, -0.05) is 30.3 Å². The molecule has 2 aliphatic rings. The fraction of sp³-hybridized carbons (Fsp3) is 0.211. The average molecular weight is 320 g/mol. The van der Waals surface area contributed by atoms with Crippen LogP contribution >= 0.6 is 0 Å². The largest absolute Gasteiger partial charge is 0.508 e. The first-order valence-electron chi connectivity index (χ1n) is 8.06. The third-order valence-corrected chi connectivity index (χ3v) is 5.05. The lowest BCUT2D eigenvalue weighted by atomic mass is 9.89. The minimum Gasteiger partial charge on any atom is -0.508 e. The molecule has 0 spiro atoms. The molecular formula is C19H16N2O3. The van der Waals surface area contributed by atoms with Crippen LogP contribution in [0.1, 0.15) is 22.9 Å². The van der Waals surface area contributed by atoms with Crippen LogP contribution in [0.2, 0.25) is 0 Å². The Morgan fingerprint density at radius 1 is 1.12 bits per heavy atom. The number of hydrogen-bond acceptors (Lipinski definition) is 3. The van der Waals surface area contributed by atoms with Crippen LogP contribution in [-0.2, 0) is 11.2 Å². The molecule has 2 aliphatic heterocycles. The van der Waals surface area contributed by atoms with Crippen molar-refractivity contribution in [3.8, 4) is 5.75 Å². The molecule has 0 unspecified atom stereocenters. The van der Waals surface area contributed by atoms with Crippen LogP contribution in [-0.4, -0.2) is 33.7 Å². The minimum atomic E-state index is -0.276. The van der Waals surface area contributed by atoms with Crippen molar-refractivity contribution in [3.63, 3.8) is 0 Å². The number of hydrogen-bond donors (Lipinski definition) is 2. The minimum absolute atomic E-state index is 0.0445. The van der Waals surface area contributed by atoms with Crippen molar-refractivity contribution in [2.75, 3.05) is 6.61 Å². The van der Waals surface area contributed by atoms with Gasteiger partial charge in [0.25, 0.3) is 0 Å². The Kier molecular flexibility index (Phi) is 2.68. The SMILES string of the molecule is O=C1OC[C@@H]2Cc3c([nH]c4ccccc34)[C@@H](c3ccc(O)cc3)N12. The zero-order valence-electron chi connectivity index (χ0n) is 12.9. The highest BCUT2D eigenvalue weighted by Gasteiger charge is 2.45. The Balaban J connectivity index is 1.75. The normalized spacial score (nSPS) is 22.3. The lowest BCUT2D eigenvalue weighted by Gasteiger charge is -2.35. The van der Waals surface area contributed by atoms with Gasteiger partial charge in [-0.25, -0.2) is 4.79 Å². The number of nitrogens with zero attached hydrogens (tertiary/aromatic N) is 1. The highest BCUT2D eigenvalue weighted by Crippen LogP contribution is 2.43. The lowest BCUT2D eigenvalue weighted by molar-refractivity contribution is 0.147. The molecule has 0 bridgehead atoms. The summed E-state index contributed by atoms with van der Waals surface area (Å²) in [5.74, 6) is 0.215. The molecular weight excluding hydrogens is 304 g/mol. The molecule has 0 aliphatic carbocycles. The van der Waals surface area contributed by atoms with E-state index in [4.69, 9.17) is 4.74 Å². The summed E-state index contributed by atoms with van der Waals surface area (Å²) in [5, 5.41) is 10.8. The first-order valence-corrected chi connectivity index (χ1v) is 8.06. The van der Waals surface area contributed by atoms with Crippen LogP contribution < -0.4 is 0 Å². The molecule has 0 saturated carbocycles. The summed E-state index contributed by atoms with van der Waals surface area (Å²) in [4.78, 5) is 17.6. The molecule has 2 atom stereocenters. The van der Waals surface area contributed by atoms with Gasteiger partial charge < -0.3 is 14.8 Å². The van der Waals surface area contributed by atoms with Gasteiger partial charge in [0.05, 0.1) is 6.04 Å². The number of carbonyl (C=O) groups excluding carboxylic acids is 1. The van der Waals surface area contributed by atoms with Gasteiger partial charge in [0.2, 0.25) is 0 Å². The Hall–Kier alpha value is -2.95. The second kappa shape index (κ2) is 4.77. The number of carbonyl (C=O) groups is 1. The van der Waals surface area contributed by atoms with E-state index in [1.807, 2.05) is 29.2 Å². The van der Waals surface area contributed by atoms with E-state index in [1.165, 1.54) is 10.9 Å². The number of rotatable bonds is 1. The summed E-state index contributed by atoms with van der Waals surface area (Å²) < 4.78 is 5.31. The molecule has 1 fully saturated rings. The predicted octanol–water partition coefficient (Wildman–Crippen LogP) is 3.34. The number of nitrogens with one attached hydrogen (secondary N) is 1. The molecule has 3 heterocycles. The van der Waals surface area contributed by atoms with Crippen LogP contribution in [0.4, 0.5) is 4.79 Å². The van der Waals surface area contributed by atoms with E-state index in [0.29, 0.717) is 6.61 Å². The number of aromatic amines is 1. The van der Waals surface area contributed by atoms with Crippen LogP contribution in [0.5, 0.6) is 5.75 Å². The summed E-state index contributed by atoms with van der Waals surface area (Å²) in [7, 11) is 0. The summed E-state index contributed by atoms with van der Waals surface area (Å²) in [6.07, 6.45) is 0.516. The molecule has 5 nitrogen and oxygen atoms in total. The highest BCUT2D eigenvalue weighted by atomic mass is 16.6. The smallest absolute Gasteiger partial charge is 0.411 e. The van der Waals surface area contributed by atoms with E-state index in [1.54, 1.807) is 12.1 Å². The van der Waals surface area contributed by atoms with E-state index >= 15 is 0 Å². The van der Waals surface area contributed by atoms with Crippen molar-refractivity contribution in [1.82, 2.24) is 9.88 Å². The maximum atomic E-state index is 12.3. The molecule has 0 radical (unpaired) electrons. The number of aromatic hydroxyl groups is 1. The number of cyclic esters (lactones) is 1. The van der Waals surface area contributed by atoms with Crippen molar-refractivity contribution < 1.29 is 14.6 Å². The quantitative estimate of drug-likeness (QED) is 0.723. The predicted molar refractivity (Wildman–Crippen MR) is 88.9 cm³/mol. The van der Waals surface area contributed by atoms with Crippen LogP contribution in [0.3, 0.4) is 0 Å². The van der Waals surface area contributed by atoms with Crippen molar-refractivity contribution in [3.05, 3.63) is 65.4 Å². The number of amides is 1. The summed E-state index contributed by atoms with van der Waals surface area (Å²) in [6.45, 7) is 0.423. The van der Waals surface area contributed by atoms with Gasteiger partial charge in [0.15, 0.2) is 0 Å². The third kappa shape index (κ3) is 1.78. The van der Waals surface area contributed by atoms with Crippen molar-refractivity contribution >= 4 is 17.0 Å². The summed E-state index contributed by atoms with van der Waals surface area (Å²) in [5.41, 5.74) is 4.34. The number of aromatic nitrogens is 1. The zero-order chi connectivity index (χ0) is 16.3. The molecule has 24 heavy (non-hydrogen) atoms. The van der Waals surface area contributed by atoms with Gasteiger partial charge in [-0.2, -0.15) is 0 Å². The lowest BCUT2D eigenvalue weighted by Crippen LogP contribution is -2.42. The van der Waals surface area contributed by atoms with E-state index in [0.717, 1.165) is 23.2 Å². The number of benzene rings is 2. The topological polar surface area (TPSA) is 65.6 Å². The molecule has 1 saturated heterocycles. The first-order chi connectivity index (χ1) is 11.7. The molecule has 5 heteroatoms. The Morgan fingerprint density at radius 3 is 2.75 bits per heavy atom. The Bertz CT molecular complexity index is 945. The average Bonchev–Trinajstić information content (AvgIpc) is 3.15. The van der Waals surface area contributed by atoms with Gasteiger partial charge >= 0.3 is 6.09 Å². The summed E-state index contributed by atoms with van der Waals surface area (Å²) in [6, 6.07) is 15.1. The van der Waals surface area contributed by atoms with Gasteiger partial charge in [-0.3, -0.25) is 4.90 Å². The molecule has 3 aromatic rings. The maximum Gasteiger partial charge on any atom is 0.411 e. The van der Waals surface area contributed by atoms with Crippen LogP contribution in [0.25, 0.3) is 10.9 Å². The molecule has 2 aromatic carbocycles. The highest BCUT2D eigenvalue weighted by molar-refractivity contribution is 5.86. The molecule has 1 amide bonds. The number of para-hydroxylation sites is 1. The van der Waals surface area contributed by atoms with Crippen molar-refractivity contribution in [2.24, 2.45) is 0 Å². The van der Waals surface area contributed by atoms with Crippen LogP contribution in [0, 0.1) is 0 Å². The Labute approximate surface area is 138 Å². The molecule has 1 aromatic heterocycles. The fourth-order valence-corrected chi connectivity index (χ4v) is 3.98. The van der Waals surface area contributed by atoms with Gasteiger partial charge in [-0.05, 0) is 35.7 Å². The van der Waals surface area contributed by atoms with Gasteiger partial charge in [0.1, 0.15) is 18.4 Å². The second-order valence-electron chi connectivity index (χ2n) is 6.40.